The van der Waals surface area contributed by atoms with E-state index in [1.807, 2.05) is 24.4 Å². The Balaban J connectivity index is 1.60. The molecule has 2 heterocycles. The van der Waals surface area contributed by atoms with Crippen molar-refractivity contribution in [2.24, 2.45) is 0 Å². The van der Waals surface area contributed by atoms with Gasteiger partial charge in [0.15, 0.2) is 5.11 Å². The summed E-state index contributed by atoms with van der Waals surface area (Å²) in [5.41, 5.74) is 3.47. The predicted octanol–water partition coefficient (Wildman–Crippen LogP) is 2.86. The molecule has 0 unspecified atom stereocenters. The Kier molecular flexibility index (Phi) is 6.23. The average Bonchev–Trinajstić information content (AvgIpc) is 3.20. The Morgan fingerprint density at radius 3 is 2.79 bits per heavy atom. The Hall–Kier alpha value is -3.39. The van der Waals surface area contributed by atoms with E-state index in [1.54, 1.807) is 25.4 Å². The first-order valence-corrected chi connectivity index (χ1v) is 9.04. The molecule has 2 aromatic heterocycles. The van der Waals surface area contributed by atoms with Crippen LogP contribution in [0.1, 0.15) is 11.1 Å². The number of methoxy groups -OCH3 is 1. The number of nitrogens with one attached hydrogen (secondary N) is 4. The molecule has 0 bridgehead atoms. The summed E-state index contributed by atoms with van der Waals surface area (Å²) in [6.07, 6.45) is 4.85. The number of hydrogen-bond acceptors (Lipinski definition) is 4. The number of amides is 1. The van der Waals surface area contributed by atoms with Gasteiger partial charge in [-0.15, -0.1) is 0 Å². The first-order valence-electron chi connectivity index (χ1n) is 8.63. The number of fused-ring (bicyclic) bond motifs is 1. The monoisotopic (exact) mass is 395 g/mol. The standard InChI is InChI=1S/C20H21N5O2S/c1-3-18(26)25-15-4-5-17(27-2)14(10-15)12-24-20(28)23-11-13-6-8-21-19-16(13)7-9-22-19/h3-10H,1,11-12H2,2H3,(H,21,22)(H,25,26)(H2,23,24,28). The minimum Gasteiger partial charge on any atom is -0.496 e. The Labute approximate surface area is 168 Å². The van der Waals surface area contributed by atoms with E-state index in [9.17, 15) is 4.79 Å². The summed E-state index contributed by atoms with van der Waals surface area (Å²) in [5.74, 6) is 0.435. The lowest BCUT2D eigenvalue weighted by atomic mass is 10.1. The van der Waals surface area contributed by atoms with Crippen molar-refractivity contribution in [3.63, 3.8) is 0 Å². The lowest BCUT2D eigenvalue weighted by Crippen LogP contribution is -2.34. The van der Waals surface area contributed by atoms with Gasteiger partial charge in [0.1, 0.15) is 11.4 Å². The Bertz CT molecular complexity index is 1010. The molecule has 0 spiro atoms. The van der Waals surface area contributed by atoms with Crippen molar-refractivity contribution in [2.75, 3.05) is 12.4 Å². The third kappa shape index (κ3) is 4.66. The predicted molar refractivity (Wildman–Crippen MR) is 114 cm³/mol. The fourth-order valence-electron chi connectivity index (χ4n) is 2.77. The van der Waals surface area contributed by atoms with E-state index in [2.05, 4.69) is 32.5 Å². The number of H-pyrrole nitrogens is 1. The van der Waals surface area contributed by atoms with Crippen LogP contribution in [0.4, 0.5) is 5.69 Å². The third-order valence-corrected chi connectivity index (χ3v) is 4.45. The maximum absolute atomic E-state index is 11.5. The topological polar surface area (TPSA) is 91.1 Å². The van der Waals surface area contributed by atoms with Gasteiger partial charge in [-0.05, 0) is 54.2 Å². The first kappa shape index (κ1) is 19.4. The normalized spacial score (nSPS) is 10.3. The molecule has 0 atom stereocenters. The molecule has 144 valence electrons. The van der Waals surface area contributed by atoms with Crippen molar-refractivity contribution in [1.82, 2.24) is 20.6 Å². The van der Waals surface area contributed by atoms with Crippen molar-refractivity contribution in [2.45, 2.75) is 13.1 Å². The van der Waals surface area contributed by atoms with Gasteiger partial charge in [-0.3, -0.25) is 4.79 Å². The molecule has 0 aliphatic carbocycles. The van der Waals surface area contributed by atoms with Gasteiger partial charge in [-0.2, -0.15) is 0 Å². The molecule has 0 saturated heterocycles. The highest BCUT2D eigenvalue weighted by Gasteiger charge is 2.08. The zero-order valence-corrected chi connectivity index (χ0v) is 16.2. The second kappa shape index (κ2) is 9.01. The number of rotatable bonds is 7. The van der Waals surface area contributed by atoms with E-state index < -0.39 is 0 Å². The van der Waals surface area contributed by atoms with Gasteiger partial charge in [0.05, 0.1) is 7.11 Å². The molecule has 0 saturated carbocycles. The van der Waals surface area contributed by atoms with Crippen LogP contribution in [0, 0.1) is 0 Å². The highest BCUT2D eigenvalue weighted by atomic mass is 32.1. The molecule has 28 heavy (non-hydrogen) atoms. The smallest absolute Gasteiger partial charge is 0.247 e. The van der Waals surface area contributed by atoms with Crippen LogP contribution in [-0.2, 0) is 17.9 Å². The van der Waals surface area contributed by atoms with Crippen LogP contribution >= 0.6 is 12.2 Å². The van der Waals surface area contributed by atoms with Gasteiger partial charge < -0.3 is 25.7 Å². The third-order valence-electron chi connectivity index (χ3n) is 4.16. The Morgan fingerprint density at radius 2 is 2.04 bits per heavy atom. The number of anilines is 1. The number of pyridine rings is 1. The number of nitrogens with zero attached hydrogens (tertiary/aromatic N) is 1. The summed E-state index contributed by atoms with van der Waals surface area (Å²) in [6.45, 7) is 4.48. The number of carbonyl (C=O) groups excluding carboxylic acids is 1. The molecular weight excluding hydrogens is 374 g/mol. The molecular formula is C20H21N5O2S. The molecule has 0 fully saturated rings. The van der Waals surface area contributed by atoms with Crippen LogP contribution in [0.2, 0.25) is 0 Å². The average molecular weight is 395 g/mol. The van der Waals surface area contributed by atoms with Crippen LogP contribution < -0.4 is 20.7 Å². The minimum atomic E-state index is -0.269. The summed E-state index contributed by atoms with van der Waals surface area (Å²) in [4.78, 5) is 18.9. The van der Waals surface area contributed by atoms with E-state index in [4.69, 9.17) is 17.0 Å². The molecule has 4 N–H and O–H groups in total. The van der Waals surface area contributed by atoms with Crippen molar-refractivity contribution in [3.05, 3.63) is 66.5 Å². The number of benzene rings is 1. The summed E-state index contributed by atoms with van der Waals surface area (Å²) in [6, 6.07) is 9.35. The minimum absolute atomic E-state index is 0.269. The van der Waals surface area contributed by atoms with Crippen molar-refractivity contribution < 1.29 is 9.53 Å². The lowest BCUT2D eigenvalue weighted by Gasteiger charge is -2.14. The molecule has 7 nitrogen and oxygen atoms in total. The van der Waals surface area contributed by atoms with Crippen LogP contribution in [0.15, 0.2) is 55.4 Å². The number of ether oxygens (including phenoxy) is 1. The maximum Gasteiger partial charge on any atom is 0.247 e. The van der Waals surface area contributed by atoms with Gasteiger partial charge in [0.2, 0.25) is 5.91 Å². The van der Waals surface area contributed by atoms with Crippen LogP contribution in [0.3, 0.4) is 0 Å². The van der Waals surface area contributed by atoms with Gasteiger partial charge in [0, 0.05) is 42.1 Å². The molecule has 8 heteroatoms. The second-order valence-electron chi connectivity index (χ2n) is 5.97. The SMILES string of the molecule is C=CC(=O)Nc1ccc(OC)c(CNC(=S)NCc2ccnc3[nH]ccc23)c1. The largest absolute Gasteiger partial charge is 0.496 e. The summed E-state index contributed by atoms with van der Waals surface area (Å²) in [5, 5.41) is 10.7. The van der Waals surface area contributed by atoms with E-state index in [0.717, 1.165) is 22.2 Å². The molecule has 1 aromatic carbocycles. The number of hydrogen-bond donors (Lipinski definition) is 4. The zero-order chi connectivity index (χ0) is 19.9. The molecule has 0 aliphatic heterocycles. The number of aromatic amines is 1. The summed E-state index contributed by atoms with van der Waals surface area (Å²) < 4.78 is 5.39. The van der Waals surface area contributed by atoms with E-state index in [1.165, 1.54) is 6.08 Å². The van der Waals surface area contributed by atoms with Crippen LogP contribution in [0.5, 0.6) is 5.75 Å². The maximum atomic E-state index is 11.5. The zero-order valence-electron chi connectivity index (χ0n) is 15.4. The molecule has 0 radical (unpaired) electrons. The van der Waals surface area contributed by atoms with Gasteiger partial charge >= 0.3 is 0 Å². The van der Waals surface area contributed by atoms with E-state index >= 15 is 0 Å². The Morgan fingerprint density at radius 1 is 1.25 bits per heavy atom. The summed E-state index contributed by atoms with van der Waals surface area (Å²) >= 11 is 5.39. The first-order chi connectivity index (χ1) is 13.6. The quantitative estimate of drug-likeness (QED) is 0.363. The van der Waals surface area contributed by atoms with Gasteiger partial charge in [-0.25, -0.2) is 4.98 Å². The second-order valence-corrected chi connectivity index (χ2v) is 6.37. The lowest BCUT2D eigenvalue weighted by molar-refractivity contribution is -0.111. The van der Waals surface area contributed by atoms with Gasteiger partial charge in [0.25, 0.3) is 0 Å². The highest BCUT2D eigenvalue weighted by Crippen LogP contribution is 2.22. The van der Waals surface area contributed by atoms with Crippen LogP contribution in [0.25, 0.3) is 11.0 Å². The number of carbonyl (C=O) groups is 1. The fourth-order valence-corrected chi connectivity index (χ4v) is 2.92. The molecule has 0 aliphatic rings. The van der Waals surface area contributed by atoms with Crippen LogP contribution in [-0.4, -0.2) is 28.1 Å². The number of thiocarbonyl (C=S) groups is 1. The number of aromatic nitrogens is 2. The highest BCUT2D eigenvalue weighted by molar-refractivity contribution is 7.80. The molecule has 3 rings (SSSR count). The van der Waals surface area contributed by atoms with Crippen molar-refractivity contribution in [1.29, 1.82) is 0 Å². The molecule has 1 amide bonds. The fraction of sp³-hybridized carbons (Fsp3) is 0.150. The van der Waals surface area contributed by atoms with E-state index in [0.29, 0.717) is 29.6 Å². The van der Waals surface area contributed by atoms with Crippen molar-refractivity contribution in [3.8, 4) is 5.75 Å². The van der Waals surface area contributed by atoms with Gasteiger partial charge in [-0.1, -0.05) is 6.58 Å². The molecule has 3 aromatic rings. The van der Waals surface area contributed by atoms with Crippen molar-refractivity contribution >= 4 is 40.0 Å². The van der Waals surface area contributed by atoms with E-state index in [-0.39, 0.29) is 5.91 Å². The summed E-state index contributed by atoms with van der Waals surface area (Å²) in [7, 11) is 1.60.